The summed E-state index contributed by atoms with van der Waals surface area (Å²) in [6, 6.07) is 11.5. The SMILES string of the molecule is CC[C@@H](C(=O)NCC(C)C)N(Cc1ccc(F)cc1)C(=O)Cc1ccc(C)c(C)c1. The Bertz CT molecular complexity index is 862. The van der Waals surface area contributed by atoms with Gasteiger partial charge in [0.15, 0.2) is 0 Å². The molecule has 2 aromatic rings. The number of carbonyl (C=O) groups is 2. The zero-order chi connectivity index (χ0) is 22.3. The van der Waals surface area contributed by atoms with Crippen molar-refractivity contribution >= 4 is 11.8 Å². The monoisotopic (exact) mass is 412 g/mol. The molecule has 0 heterocycles. The van der Waals surface area contributed by atoms with Gasteiger partial charge in [0.2, 0.25) is 11.8 Å². The summed E-state index contributed by atoms with van der Waals surface area (Å²) in [6.45, 7) is 10.8. The van der Waals surface area contributed by atoms with Crippen LogP contribution in [0, 0.1) is 25.6 Å². The van der Waals surface area contributed by atoms with E-state index in [1.165, 1.54) is 17.7 Å². The minimum atomic E-state index is -0.576. The van der Waals surface area contributed by atoms with Crippen molar-refractivity contribution in [2.75, 3.05) is 6.54 Å². The van der Waals surface area contributed by atoms with Crippen LogP contribution in [0.1, 0.15) is 49.4 Å². The van der Waals surface area contributed by atoms with Gasteiger partial charge in [0, 0.05) is 13.1 Å². The molecule has 0 spiro atoms. The molecule has 0 fully saturated rings. The Labute approximate surface area is 179 Å². The molecule has 0 saturated carbocycles. The molecule has 1 N–H and O–H groups in total. The summed E-state index contributed by atoms with van der Waals surface area (Å²) in [5, 5.41) is 2.95. The first-order valence-electron chi connectivity index (χ1n) is 10.6. The molecule has 0 aliphatic carbocycles. The zero-order valence-corrected chi connectivity index (χ0v) is 18.7. The minimum absolute atomic E-state index is 0.117. The Kier molecular flexibility index (Phi) is 8.58. The van der Waals surface area contributed by atoms with Crippen molar-refractivity contribution in [1.29, 1.82) is 0 Å². The first kappa shape index (κ1) is 23.6. The molecular formula is C25H33FN2O2. The molecule has 2 amide bonds. The van der Waals surface area contributed by atoms with Gasteiger partial charge in [-0.05, 0) is 60.6 Å². The molecule has 2 aromatic carbocycles. The summed E-state index contributed by atoms with van der Waals surface area (Å²) in [5.41, 5.74) is 4.02. The van der Waals surface area contributed by atoms with Crippen LogP contribution in [-0.2, 0) is 22.6 Å². The van der Waals surface area contributed by atoms with E-state index in [0.717, 1.165) is 16.7 Å². The van der Waals surface area contributed by atoms with E-state index in [2.05, 4.69) is 5.32 Å². The van der Waals surface area contributed by atoms with Crippen LogP contribution >= 0.6 is 0 Å². The number of hydrogen-bond donors (Lipinski definition) is 1. The number of hydrogen-bond acceptors (Lipinski definition) is 2. The summed E-state index contributed by atoms with van der Waals surface area (Å²) in [7, 11) is 0. The standard InChI is InChI=1S/C25H33FN2O2/c1-6-23(25(30)27-15-17(2)3)28(16-20-9-11-22(26)12-10-20)24(29)14-21-8-7-18(4)19(5)13-21/h7-13,17,23H,6,14-16H2,1-5H3,(H,27,30)/t23-/m0/s1. The van der Waals surface area contributed by atoms with E-state index < -0.39 is 6.04 Å². The molecule has 0 aliphatic heterocycles. The van der Waals surface area contributed by atoms with Crippen molar-refractivity contribution < 1.29 is 14.0 Å². The predicted octanol–water partition coefficient (Wildman–Crippen LogP) is 4.56. The third-order valence-electron chi connectivity index (χ3n) is 5.26. The number of aryl methyl sites for hydroxylation is 2. The van der Waals surface area contributed by atoms with Crippen molar-refractivity contribution in [2.45, 2.75) is 60.0 Å². The van der Waals surface area contributed by atoms with E-state index in [0.29, 0.717) is 18.9 Å². The molecule has 1 atom stereocenters. The van der Waals surface area contributed by atoms with Crippen LogP contribution in [0.4, 0.5) is 4.39 Å². The average molecular weight is 413 g/mol. The van der Waals surface area contributed by atoms with Gasteiger partial charge in [0.1, 0.15) is 11.9 Å². The van der Waals surface area contributed by atoms with Crippen LogP contribution in [0.2, 0.25) is 0 Å². The summed E-state index contributed by atoms with van der Waals surface area (Å²) in [6.07, 6.45) is 0.722. The van der Waals surface area contributed by atoms with Gasteiger partial charge in [0.05, 0.1) is 6.42 Å². The molecule has 0 radical (unpaired) electrons. The van der Waals surface area contributed by atoms with Crippen molar-refractivity contribution in [3.8, 4) is 0 Å². The van der Waals surface area contributed by atoms with Crippen LogP contribution in [0.15, 0.2) is 42.5 Å². The molecule has 4 nitrogen and oxygen atoms in total. The predicted molar refractivity (Wildman–Crippen MR) is 118 cm³/mol. The number of carbonyl (C=O) groups excluding carboxylic acids is 2. The first-order valence-corrected chi connectivity index (χ1v) is 10.6. The lowest BCUT2D eigenvalue weighted by Gasteiger charge is -2.31. The van der Waals surface area contributed by atoms with Gasteiger partial charge >= 0.3 is 0 Å². The Morgan fingerprint density at radius 1 is 1.00 bits per heavy atom. The van der Waals surface area contributed by atoms with Gasteiger partial charge in [-0.1, -0.05) is 51.1 Å². The van der Waals surface area contributed by atoms with Gasteiger partial charge in [0.25, 0.3) is 0 Å². The fourth-order valence-electron chi connectivity index (χ4n) is 3.32. The number of rotatable bonds is 9. The van der Waals surface area contributed by atoms with E-state index in [1.54, 1.807) is 17.0 Å². The molecule has 0 bridgehead atoms. The van der Waals surface area contributed by atoms with Crippen molar-refractivity contribution in [1.82, 2.24) is 10.2 Å². The maximum Gasteiger partial charge on any atom is 0.242 e. The number of halogens is 1. The van der Waals surface area contributed by atoms with Gasteiger partial charge in [-0.2, -0.15) is 0 Å². The molecule has 162 valence electrons. The van der Waals surface area contributed by atoms with Crippen molar-refractivity contribution in [3.63, 3.8) is 0 Å². The molecule has 5 heteroatoms. The molecule has 0 aromatic heterocycles. The van der Waals surface area contributed by atoms with Gasteiger partial charge in [-0.3, -0.25) is 9.59 Å². The number of nitrogens with zero attached hydrogens (tertiary/aromatic N) is 1. The summed E-state index contributed by atoms with van der Waals surface area (Å²) in [4.78, 5) is 27.8. The fourth-order valence-corrected chi connectivity index (χ4v) is 3.32. The zero-order valence-electron chi connectivity index (χ0n) is 18.7. The Hall–Kier alpha value is -2.69. The van der Waals surface area contributed by atoms with E-state index >= 15 is 0 Å². The summed E-state index contributed by atoms with van der Waals surface area (Å²) in [5.74, 6) is -0.271. The first-order chi connectivity index (χ1) is 14.2. The van der Waals surface area contributed by atoms with E-state index in [9.17, 15) is 14.0 Å². The number of benzene rings is 2. The molecule has 2 rings (SSSR count). The molecule has 30 heavy (non-hydrogen) atoms. The topological polar surface area (TPSA) is 49.4 Å². The lowest BCUT2D eigenvalue weighted by Crippen LogP contribution is -2.50. The largest absolute Gasteiger partial charge is 0.354 e. The van der Waals surface area contributed by atoms with Gasteiger partial charge in [-0.15, -0.1) is 0 Å². The molecular weight excluding hydrogens is 379 g/mol. The van der Waals surface area contributed by atoms with Crippen LogP contribution in [0.3, 0.4) is 0 Å². The Balaban J connectivity index is 2.27. The lowest BCUT2D eigenvalue weighted by atomic mass is 10.0. The van der Waals surface area contributed by atoms with Crippen LogP contribution in [0.25, 0.3) is 0 Å². The van der Waals surface area contributed by atoms with Crippen molar-refractivity contribution in [3.05, 3.63) is 70.5 Å². The maximum absolute atomic E-state index is 13.3. The molecule has 0 aliphatic rings. The summed E-state index contributed by atoms with van der Waals surface area (Å²) < 4.78 is 13.3. The third kappa shape index (κ3) is 6.68. The van der Waals surface area contributed by atoms with Crippen LogP contribution in [-0.4, -0.2) is 29.3 Å². The highest BCUT2D eigenvalue weighted by Crippen LogP contribution is 2.17. The smallest absolute Gasteiger partial charge is 0.242 e. The average Bonchev–Trinajstić information content (AvgIpc) is 2.70. The lowest BCUT2D eigenvalue weighted by molar-refractivity contribution is -0.141. The minimum Gasteiger partial charge on any atom is -0.354 e. The van der Waals surface area contributed by atoms with Gasteiger partial charge < -0.3 is 10.2 Å². The number of nitrogens with one attached hydrogen (secondary N) is 1. The molecule has 0 saturated heterocycles. The number of amides is 2. The van der Waals surface area contributed by atoms with Gasteiger partial charge in [-0.25, -0.2) is 4.39 Å². The second-order valence-corrected chi connectivity index (χ2v) is 8.31. The second-order valence-electron chi connectivity index (χ2n) is 8.31. The second kappa shape index (κ2) is 10.9. The highest BCUT2D eigenvalue weighted by Gasteiger charge is 2.28. The van der Waals surface area contributed by atoms with Crippen LogP contribution in [0.5, 0.6) is 0 Å². The fraction of sp³-hybridized carbons (Fsp3) is 0.440. The third-order valence-corrected chi connectivity index (χ3v) is 5.26. The van der Waals surface area contributed by atoms with Crippen LogP contribution < -0.4 is 5.32 Å². The Morgan fingerprint density at radius 2 is 1.63 bits per heavy atom. The van der Waals surface area contributed by atoms with E-state index in [4.69, 9.17) is 0 Å². The summed E-state index contributed by atoms with van der Waals surface area (Å²) >= 11 is 0. The normalized spacial score (nSPS) is 12.0. The Morgan fingerprint density at radius 3 is 2.20 bits per heavy atom. The highest BCUT2D eigenvalue weighted by atomic mass is 19.1. The quantitative estimate of drug-likeness (QED) is 0.656. The van der Waals surface area contributed by atoms with E-state index in [1.807, 2.05) is 52.8 Å². The van der Waals surface area contributed by atoms with Crippen molar-refractivity contribution in [2.24, 2.45) is 5.92 Å². The molecule has 0 unspecified atom stereocenters. The maximum atomic E-state index is 13.3. The highest BCUT2D eigenvalue weighted by molar-refractivity contribution is 5.88. The van der Waals surface area contributed by atoms with E-state index in [-0.39, 0.29) is 30.6 Å².